The second-order valence-corrected chi connectivity index (χ2v) is 6.52. The lowest BCUT2D eigenvalue weighted by molar-refractivity contribution is 0.451. The van der Waals surface area contributed by atoms with Gasteiger partial charge < -0.3 is 15.3 Å². The quantitative estimate of drug-likeness (QED) is 0.431. The molecule has 136 valence electrons. The van der Waals surface area contributed by atoms with Crippen molar-refractivity contribution in [2.75, 3.05) is 0 Å². The van der Waals surface area contributed by atoms with Gasteiger partial charge in [0.15, 0.2) is 0 Å². The Labute approximate surface area is 159 Å². The fraction of sp³-hybridized carbons (Fsp3) is 0. The van der Waals surface area contributed by atoms with Crippen molar-refractivity contribution < 1.29 is 15.3 Å². The standard InChI is InChI=1S/C22H15N3O3/c26-14-7-5-13(6-8-14)17-12-25-19-4-2-1-3-18(19)23-22(25)24-21(17)16-10-9-15(27)11-20(16)28/h1-12,26-28H. The van der Waals surface area contributed by atoms with Gasteiger partial charge in [0.2, 0.25) is 5.78 Å². The monoisotopic (exact) mass is 369 g/mol. The third-order valence-corrected chi connectivity index (χ3v) is 4.72. The molecule has 0 aliphatic rings. The second kappa shape index (κ2) is 5.99. The van der Waals surface area contributed by atoms with Gasteiger partial charge in [0, 0.05) is 23.4 Å². The Morgan fingerprint density at radius 3 is 2.25 bits per heavy atom. The SMILES string of the molecule is Oc1ccc(-c2cn3c(nc2-c2ccc(O)cc2O)nc2ccccc23)cc1. The molecule has 0 atom stereocenters. The average Bonchev–Trinajstić information content (AvgIpc) is 3.05. The van der Waals surface area contributed by atoms with Crippen LogP contribution in [0.25, 0.3) is 39.2 Å². The van der Waals surface area contributed by atoms with Crippen molar-refractivity contribution in [3.63, 3.8) is 0 Å². The molecule has 2 aromatic heterocycles. The summed E-state index contributed by atoms with van der Waals surface area (Å²) < 4.78 is 1.90. The van der Waals surface area contributed by atoms with E-state index in [2.05, 4.69) is 4.98 Å². The summed E-state index contributed by atoms with van der Waals surface area (Å²) in [7, 11) is 0. The van der Waals surface area contributed by atoms with Gasteiger partial charge in [-0.2, -0.15) is 0 Å². The number of aromatic nitrogens is 3. The molecule has 0 fully saturated rings. The van der Waals surface area contributed by atoms with Crippen molar-refractivity contribution in [1.82, 2.24) is 14.4 Å². The van der Waals surface area contributed by atoms with Crippen LogP contribution in [0.2, 0.25) is 0 Å². The number of rotatable bonds is 2. The highest BCUT2D eigenvalue weighted by Gasteiger charge is 2.17. The number of fused-ring (bicyclic) bond motifs is 3. The highest BCUT2D eigenvalue weighted by Crippen LogP contribution is 2.38. The normalized spacial score (nSPS) is 11.3. The fourth-order valence-corrected chi connectivity index (χ4v) is 3.37. The molecule has 0 aliphatic heterocycles. The van der Waals surface area contributed by atoms with Crippen LogP contribution in [0.1, 0.15) is 0 Å². The van der Waals surface area contributed by atoms with Crippen LogP contribution in [-0.4, -0.2) is 29.7 Å². The molecule has 0 saturated heterocycles. The molecular formula is C22H15N3O3. The lowest BCUT2D eigenvalue weighted by Gasteiger charge is -2.12. The maximum Gasteiger partial charge on any atom is 0.235 e. The first kappa shape index (κ1) is 16.1. The largest absolute Gasteiger partial charge is 0.508 e. The van der Waals surface area contributed by atoms with Crippen LogP contribution >= 0.6 is 0 Å². The Morgan fingerprint density at radius 2 is 1.46 bits per heavy atom. The first-order valence-electron chi connectivity index (χ1n) is 8.70. The van der Waals surface area contributed by atoms with Gasteiger partial charge in [-0.05, 0) is 42.0 Å². The summed E-state index contributed by atoms with van der Waals surface area (Å²) in [6, 6.07) is 18.9. The van der Waals surface area contributed by atoms with Gasteiger partial charge in [-0.3, -0.25) is 4.40 Å². The summed E-state index contributed by atoms with van der Waals surface area (Å²) >= 11 is 0. The molecule has 3 aromatic carbocycles. The molecule has 6 heteroatoms. The van der Waals surface area contributed by atoms with Crippen LogP contribution in [0, 0.1) is 0 Å². The lowest BCUT2D eigenvalue weighted by atomic mass is 10.00. The fourth-order valence-electron chi connectivity index (χ4n) is 3.37. The minimum absolute atomic E-state index is 0.0277. The smallest absolute Gasteiger partial charge is 0.235 e. The molecule has 3 N–H and O–H groups in total. The molecule has 5 aromatic rings. The van der Waals surface area contributed by atoms with E-state index in [1.807, 2.05) is 34.9 Å². The highest BCUT2D eigenvalue weighted by molar-refractivity contribution is 5.87. The zero-order valence-corrected chi connectivity index (χ0v) is 14.6. The number of hydrogen-bond donors (Lipinski definition) is 3. The van der Waals surface area contributed by atoms with Crippen LogP contribution in [0.15, 0.2) is 72.9 Å². The zero-order valence-electron chi connectivity index (χ0n) is 14.6. The van der Waals surface area contributed by atoms with Crippen molar-refractivity contribution in [3.05, 3.63) is 72.9 Å². The second-order valence-electron chi connectivity index (χ2n) is 6.52. The predicted molar refractivity (Wildman–Crippen MR) is 106 cm³/mol. The lowest BCUT2D eigenvalue weighted by Crippen LogP contribution is -1.96. The summed E-state index contributed by atoms with van der Waals surface area (Å²) in [6.07, 6.45) is 1.92. The third-order valence-electron chi connectivity index (χ3n) is 4.72. The Hall–Kier alpha value is -4.06. The van der Waals surface area contributed by atoms with Gasteiger partial charge in [0.05, 0.1) is 16.7 Å². The van der Waals surface area contributed by atoms with E-state index in [1.165, 1.54) is 12.1 Å². The van der Waals surface area contributed by atoms with Crippen molar-refractivity contribution in [1.29, 1.82) is 0 Å². The van der Waals surface area contributed by atoms with Gasteiger partial charge in [-0.25, -0.2) is 9.97 Å². The molecule has 0 saturated carbocycles. The van der Waals surface area contributed by atoms with E-state index in [1.54, 1.807) is 30.3 Å². The molecule has 0 unspecified atom stereocenters. The van der Waals surface area contributed by atoms with Crippen molar-refractivity contribution >= 4 is 16.8 Å². The zero-order chi connectivity index (χ0) is 19.3. The summed E-state index contributed by atoms with van der Waals surface area (Å²) in [6.45, 7) is 0. The van der Waals surface area contributed by atoms with E-state index in [9.17, 15) is 15.3 Å². The number of para-hydroxylation sites is 2. The van der Waals surface area contributed by atoms with E-state index in [4.69, 9.17) is 4.98 Å². The van der Waals surface area contributed by atoms with Crippen LogP contribution in [0.4, 0.5) is 0 Å². The number of phenolic OH excluding ortho intramolecular Hbond substituents is 3. The molecule has 0 aliphatic carbocycles. The highest BCUT2D eigenvalue weighted by atomic mass is 16.3. The minimum Gasteiger partial charge on any atom is -0.508 e. The number of benzene rings is 3. The van der Waals surface area contributed by atoms with Crippen LogP contribution in [0.3, 0.4) is 0 Å². The first-order valence-corrected chi connectivity index (χ1v) is 8.70. The Bertz CT molecular complexity index is 1340. The van der Waals surface area contributed by atoms with Crippen molar-refractivity contribution in [2.24, 2.45) is 0 Å². The van der Waals surface area contributed by atoms with E-state index in [0.717, 1.165) is 22.2 Å². The van der Waals surface area contributed by atoms with E-state index >= 15 is 0 Å². The van der Waals surface area contributed by atoms with E-state index in [0.29, 0.717) is 17.0 Å². The third kappa shape index (κ3) is 2.51. The maximum absolute atomic E-state index is 10.4. The first-order chi connectivity index (χ1) is 13.6. The minimum atomic E-state index is -0.0759. The summed E-state index contributed by atoms with van der Waals surface area (Å²) in [5, 5.41) is 29.7. The molecule has 5 rings (SSSR count). The van der Waals surface area contributed by atoms with Crippen molar-refractivity contribution in [3.8, 4) is 39.6 Å². The van der Waals surface area contributed by atoms with E-state index in [-0.39, 0.29) is 17.2 Å². The van der Waals surface area contributed by atoms with Gasteiger partial charge in [-0.1, -0.05) is 24.3 Å². The molecule has 0 radical (unpaired) electrons. The van der Waals surface area contributed by atoms with Crippen molar-refractivity contribution in [2.45, 2.75) is 0 Å². The molecule has 6 nitrogen and oxygen atoms in total. The summed E-state index contributed by atoms with van der Waals surface area (Å²) in [4.78, 5) is 9.30. The van der Waals surface area contributed by atoms with Crippen LogP contribution in [0.5, 0.6) is 17.2 Å². The predicted octanol–water partition coefficient (Wildman–Crippen LogP) is 4.33. The Balaban J connectivity index is 1.87. The Morgan fingerprint density at radius 1 is 0.714 bits per heavy atom. The summed E-state index contributed by atoms with van der Waals surface area (Å²) in [5.41, 5.74) is 4.34. The number of phenols is 3. The molecule has 0 amide bonds. The average molecular weight is 369 g/mol. The van der Waals surface area contributed by atoms with Gasteiger partial charge in [0.25, 0.3) is 0 Å². The van der Waals surface area contributed by atoms with Gasteiger partial charge in [0.1, 0.15) is 17.2 Å². The van der Waals surface area contributed by atoms with Crippen LogP contribution < -0.4 is 0 Å². The number of aromatic hydroxyl groups is 3. The maximum atomic E-state index is 10.4. The molecular weight excluding hydrogens is 354 g/mol. The molecule has 28 heavy (non-hydrogen) atoms. The number of nitrogens with zero attached hydrogens (tertiary/aromatic N) is 3. The molecule has 2 heterocycles. The van der Waals surface area contributed by atoms with Gasteiger partial charge in [-0.15, -0.1) is 0 Å². The van der Waals surface area contributed by atoms with Gasteiger partial charge >= 0.3 is 0 Å². The summed E-state index contributed by atoms with van der Waals surface area (Å²) in [5.74, 6) is 0.569. The molecule has 0 bridgehead atoms. The Kier molecular flexibility index (Phi) is 3.45. The molecule has 0 spiro atoms. The number of hydrogen-bond acceptors (Lipinski definition) is 5. The number of imidazole rings is 1. The van der Waals surface area contributed by atoms with Crippen LogP contribution in [-0.2, 0) is 0 Å². The topological polar surface area (TPSA) is 90.9 Å². The van der Waals surface area contributed by atoms with E-state index < -0.39 is 0 Å².